The van der Waals surface area contributed by atoms with E-state index < -0.39 is 26.7 Å². The third-order valence-electron chi connectivity index (χ3n) is 3.26. The average molecular weight is 404 g/mol. The lowest BCUT2D eigenvalue weighted by Gasteiger charge is -2.13. The molecule has 0 bridgehead atoms. The maximum atomic E-state index is 12.8. The molecule has 0 amide bonds. The highest BCUT2D eigenvalue weighted by Crippen LogP contribution is 2.34. The zero-order chi connectivity index (χ0) is 18.9. The summed E-state index contributed by atoms with van der Waals surface area (Å²) in [4.78, 5) is -0.679. The minimum Gasteiger partial charge on any atom is -0.280 e. The molecule has 0 fully saturated rings. The molecule has 0 aliphatic rings. The Morgan fingerprint density at radius 2 is 1.88 bits per heavy atom. The lowest BCUT2D eigenvalue weighted by molar-refractivity contribution is -0.137. The number of rotatable bonds is 4. The minimum absolute atomic E-state index is 0.103. The summed E-state index contributed by atoms with van der Waals surface area (Å²) in [6.07, 6.45) is -3.40. The molecule has 1 N–H and O–H groups in total. The van der Waals surface area contributed by atoms with Gasteiger partial charge >= 0.3 is 6.18 Å². The van der Waals surface area contributed by atoms with Crippen LogP contribution in [0.25, 0.3) is 5.69 Å². The maximum absolute atomic E-state index is 12.8. The van der Waals surface area contributed by atoms with Crippen LogP contribution in [0.5, 0.6) is 0 Å². The number of benzene rings is 2. The third kappa shape index (κ3) is 3.78. The molecule has 1 aromatic heterocycles. The van der Waals surface area contributed by atoms with Gasteiger partial charge in [-0.3, -0.25) is 4.72 Å². The first-order valence-corrected chi connectivity index (χ1v) is 8.76. The smallest absolute Gasteiger partial charge is 0.280 e. The molecule has 3 rings (SSSR count). The van der Waals surface area contributed by atoms with Gasteiger partial charge in [0.05, 0.1) is 22.0 Å². The van der Waals surface area contributed by atoms with E-state index >= 15 is 0 Å². The number of anilines is 1. The highest BCUT2D eigenvalue weighted by atomic mass is 35.5. The number of aromatic nitrogens is 4. The Morgan fingerprint density at radius 1 is 1.12 bits per heavy atom. The van der Waals surface area contributed by atoms with Gasteiger partial charge in [-0.15, -0.1) is 5.10 Å². The quantitative estimate of drug-likeness (QED) is 0.722. The molecule has 0 unspecified atom stereocenters. The van der Waals surface area contributed by atoms with Gasteiger partial charge in [0.25, 0.3) is 10.0 Å². The lowest BCUT2D eigenvalue weighted by Crippen LogP contribution is -2.15. The van der Waals surface area contributed by atoms with Crippen LogP contribution in [-0.2, 0) is 16.2 Å². The molecule has 0 saturated heterocycles. The van der Waals surface area contributed by atoms with Crippen molar-refractivity contribution < 1.29 is 21.6 Å². The van der Waals surface area contributed by atoms with Gasteiger partial charge < -0.3 is 0 Å². The van der Waals surface area contributed by atoms with Crippen molar-refractivity contribution in [2.24, 2.45) is 0 Å². The van der Waals surface area contributed by atoms with Gasteiger partial charge in [0.2, 0.25) is 0 Å². The second-order valence-electron chi connectivity index (χ2n) is 5.05. The standard InChI is InChI=1S/C14H9ClF3N5O2S/c15-12-5-4-9(14(16,17)18)6-13(12)26(24,25)20-10-2-1-3-11(7-10)23-8-19-21-22-23/h1-8,20H. The summed E-state index contributed by atoms with van der Waals surface area (Å²) in [5, 5.41) is 10.3. The molecule has 0 aliphatic heterocycles. The van der Waals surface area contributed by atoms with Gasteiger partial charge in [-0.2, -0.15) is 13.2 Å². The maximum Gasteiger partial charge on any atom is 0.416 e. The van der Waals surface area contributed by atoms with E-state index in [4.69, 9.17) is 11.6 Å². The van der Waals surface area contributed by atoms with Crippen molar-refractivity contribution in [3.8, 4) is 5.69 Å². The fraction of sp³-hybridized carbons (Fsp3) is 0.0714. The average Bonchev–Trinajstić information content (AvgIpc) is 3.08. The van der Waals surface area contributed by atoms with Crippen LogP contribution in [0.1, 0.15) is 5.56 Å². The summed E-state index contributed by atoms with van der Waals surface area (Å²) >= 11 is 5.79. The van der Waals surface area contributed by atoms with Crippen LogP contribution in [0.3, 0.4) is 0 Å². The van der Waals surface area contributed by atoms with E-state index in [9.17, 15) is 21.6 Å². The van der Waals surface area contributed by atoms with Gasteiger partial charge in [-0.1, -0.05) is 17.7 Å². The van der Waals surface area contributed by atoms with E-state index in [1.807, 2.05) is 0 Å². The van der Waals surface area contributed by atoms with Gasteiger partial charge in [-0.05, 0) is 46.8 Å². The molecule has 2 aromatic carbocycles. The van der Waals surface area contributed by atoms with Crippen molar-refractivity contribution in [1.82, 2.24) is 20.2 Å². The summed E-state index contributed by atoms with van der Waals surface area (Å²) in [5.74, 6) is 0. The Labute approximate surface area is 150 Å². The molecule has 12 heteroatoms. The number of hydrogen-bond donors (Lipinski definition) is 1. The largest absolute Gasteiger partial charge is 0.416 e. The second-order valence-corrected chi connectivity index (χ2v) is 7.11. The summed E-state index contributed by atoms with van der Waals surface area (Å²) in [7, 11) is -4.36. The molecule has 7 nitrogen and oxygen atoms in total. The highest BCUT2D eigenvalue weighted by molar-refractivity contribution is 7.92. The lowest BCUT2D eigenvalue weighted by atomic mass is 10.2. The van der Waals surface area contributed by atoms with Crippen molar-refractivity contribution in [3.63, 3.8) is 0 Å². The van der Waals surface area contributed by atoms with E-state index in [2.05, 4.69) is 20.2 Å². The Kier molecular flexibility index (Phi) is 4.59. The molecule has 26 heavy (non-hydrogen) atoms. The first-order chi connectivity index (χ1) is 12.2. The monoisotopic (exact) mass is 403 g/mol. The number of tetrazole rings is 1. The third-order valence-corrected chi connectivity index (χ3v) is 5.12. The van der Waals surface area contributed by atoms with Crippen LogP contribution < -0.4 is 4.72 Å². The van der Waals surface area contributed by atoms with E-state index in [-0.39, 0.29) is 10.7 Å². The molecular formula is C14H9ClF3N5O2S. The Bertz CT molecular complexity index is 1040. The molecule has 0 saturated carbocycles. The molecule has 0 aliphatic carbocycles. The van der Waals surface area contributed by atoms with Crippen LogP contribution in [0.2, 0.25) is 5.02 Å². The Balaban J connectivity index is 1.96. The van der Waals surface area contributed by atoms with Gasteiger partial charge in [-0.25, -0.2) is 13.1 Å². The number of nitrogens with zero attached hydrogens (tertiary/aromatic N) is 4. The predicted octanol–water partition coefficient (Wildman–Crippen LogP) is 3.14. The van der Waals surface area contributed by atoms with Crippen LogP contribution in [0.4, 0.5) is 18.9 Å². The highest BCUT2D eigenvalue weighted by Gasteiger charge is 2.32. The van der Waals surface area contributed by atoms with Crippen molar-refractivity contribution in [1.29, 1.82) is 0 Å². The summed E-state index contributed by atoms with van der Waals surface area (Å²) < 4.78 is 67.0. The van der Waals surface area contributed by atoms with Crippen LogP contribution in [-0.4, -0.2) is 28.6 Å². The van der Waals surface area contributed by atoms with Crippen molar-refractivity contribution in [2.45, 2.75) is 11.1 Å². The van der Waals surface area contributed by atoms with E-state index in [1.54, 1.807) is 6.07 Å². The molecule has 3 aromatic rings. The van der Waals surface area contributed by atoms with Crippen LogP contribution >= 0.6 is 11.6 Å². The fourth-order valence-corrected chi connectivity index (χ4v) is 3.66. The van der Waals surface area contributed by atoms with Gasteiger partial charge in [0.15, 0.2) is 0 Å². The molecule has 0 atom stereocenters. The number of halogens is 4. The first kappa shape index (κ1) is 18.1. The van der Waals surface area contributed by atoms with Crippen LogP contribution in [0, 0.1) is 0 Å². The summed E-state index contributed by atoms with van der Waals surface area (Å²) in [6, 6.07) is 8.06. The molecule has 136 valence electrons. The van der Waals surface area contributed by atoms with Crippen molar-refractivity contribution in [3.05, 3.63) is 59.4 Å². The molecule has 1 heterocycles. The summed E-state index contributed by atoms with van der Waals surface area (Å²) in [5.41, 5.74) is -0.568. The van der Waals surface area contributed by atoms with Gasteiger partial charge in [0, 0.05) is 0 Å². The zero-order valence-electron chi connectivity index (χ0n) is 12.6. The second kappa shape index (κ2) is 6.57. The normalized spacial score (nSPS) is 12.2. The fourth-order valence-electron chi connectivity index (χ4n) is 2.09. The molecule has 0 spiro atoms. The summed E-state index contributed by atoms with van der Waals surface area (Å²) in [6.45, 7) is 0. The van der Waals surface area contributed by atoms with Crippen LogP contribution in [0.15, 0.2) is 53.7 Å². The van der Waals surface area contributed by atoms with Gasteiger partial charge in [0.1, 0.15) is 11.2 Å². The van der Waals surface area contributed by atoms with E-state index in [1.165, 1.54) is 29.2 Å². The van der Waals surface area contributed by atoms with E-state index in [0.717, 1.165) is 6.07 Å². The van der Waals surface area contributed by atoms with E-state index in [0.29, 0.717) is 17.8 Å². The number of sulfonamides is 1. The first-order valence-electron chi connectivity index (χ1n) is 6.90. The number of nitrogens with one attached hydrogen (secondary N) is 1. The minimum atomic E-state index is -4.70. The zero-order valence-corrected chi connectivity index (χ0v) is 14.2. The molecule has 0 radical (unpaired) electrons. The SMILES string of the molecule is O=S(=O)(Nc1cccc(-n2cnnn2)c1)c1cc(C(F)(F)F)ccc1Cl. The number of hydrogen-bond acceptors (Lipinski definition) is 5. The topological polar surface area (TPSA) is 89.8 Å². The molecular weight excluding hydrogens is 395 g/mol. The van der Waals surface area contributed by atoms with Crippen molar-refractivity contribution in [2.75, 3.05) is 4.72 Å². The van der Waals surface area contributed by atoms with Crippen molar-refractivity contribution >= 4 is 27.3 Å². The number of alkyl halides is 3. The Hall–Kier alpha value is -2.66. The Morgan fingerprint density at radius 3 is 2.54 bits per heavy atom. The predicted molar refractivity (Wildman–Crippen MR) is 86.4 cm³/mol.